The van der Waals surface area contributed by atoms with Gasteiger partial charge in [-0.1, -0.05) is 6.42 Å². The normalized spacial score (nSPS) is 20.6. The highest BCUT2D eigenvalue weighted by molar-refractivity contribution is 7.89. The smallest absolute Gasteiger partial charge is 0.264 e. The summed E-state index contributed by atoms with van der Waals surface area (Å²) in [5, 5.41) is 1.81. The molecule has 1 N–H and O–H groups in total. The Kier molecular flexibility index (Phi) is 4.34. The Bertz CT molecular complexity index is 606. The van der Waals surface area contributed by atoms with E-state index in [4.69, 9.17) is 0 Å². The number of likely N-dealkylation sites (N-methyl/N-ethyl adjacent to an activating group) is 1. The molecule has 0 bridgehead atoms. The van der Waals surface area contributed by atoms with Crippen molar-refractivity contribution < 1.29 is 17.6 Å². The van der Waals surface area contributed by atoms with Crippen LogP contribution in [0.5, 0.6) is 0 Å². The summed E-state index contributed by atoms with van der Waals surface area (Å²) in [4.78, 5) is 15.4. The Hall–Kier alpha value is -1.54. The largest absolute Gasteiger partial charge is 0.358 e. The Morgan fingerprint density at radius 2 is 2.25 bits per heavy atom. The molecule has 1 unspecified atom stereocenters. The van der Waals surface area contributed by atoms with Crippen molar-refractivity contribution in [2.24, 2.45) is 0 Å². The average molecular weight is 301 g/mol. The van der Waals surface area contributed by atoms with Crippen molar-refractivity contribution in [3.05, 3.63) is 24.1 Å². The molecule has 110 valence electrons. The van der Waals surface area contributed by atoms with Gasteiger partial charge in [0.05, 0.1) is 0 Å². The monoisotopic (exact) mass is 301 g/mol. The van der Waals surface area contributed by atoms with E-state index in [9.17, 15) is 17.6 Å². The zero-order valence-electron chi connectivity index (χ0n) is 11.0. The third kappa shape index (κ3) is 2.66. The van der Waals surface area contributed by atoms with Crippen LogP contribution in [0.15, 0.2) is 23.4 Å². The fraction of sp³-hybridized carbons (Fsp3) is 0.500. The van der Waals surface area contributed by atoms with Crippen LogP contribution in [-0.2, 0) is 14.8 Å². The molecule has 1 aliphatic rings. The number of amides is 1. The van der Waals surface area contributed by atoms with Gasteiger partial charge in [0.15, 0.2) is 5.82 Å². The molecule has 1 saturated heterocycles. The van der Waals surface area contributed by atoms with E-state index in [1.165, 1.54) is 19.3 Å². The standard InChI is InChI=1S/C12H16FN3O3S/c1-14-11(17)10-6-2-3-8-16(10)20(18,19)12-9(13)5-4-7-15-12/h4-5,7,10H,2-3,6,8H2,1H3,(H,14,17). The van der Waals surface area contributed by atoms with E-state index < -0.39 is 26.9 Å². The zero-order chi connectivity index (χ0) is 14.8. The van der Waals surface area contributed by atoms with Crippen LogP contribution in [0.3, 0.4) is 0 Å². The second kappa shape index (κ2) is 5.84. The van der Waals surface area contributed by atoms with Crippen LogP contribution in [0.25, 0.3) is 0 Å². The Labute approximate surface area is 117 Å². The quantitative estimate of drug-likeness (QED) is 0.882. The average Bonchev–Trinajstić information content (AvgIpc) is 2.46. The molecule has 20 heavy (non-hydrogen) atoms. The fourth-order valence-electron chi connectivity index (χ4n) is 2.29. The van der Waals surface area contributed by atoms with E-state index in [0.717, 1.165) is 16.8 Å². The lowest BCUT2D eigenvalue weighted by Gasteiger charge is -2.32. The maximum atomic E-state index is 13.7. The van der Waals surface area contributed by atoms with Gasteiger partial charge >= 0.3 is 0 Å². The van der Waals surface area contributed by atoms with Gasteiger partial charge < -0.3 is 5.32 Å². The molecule has 0 aromatic carbocycles. The first-order valence-corrected chi connectivity index (χ1v) is 7.76. The summed E-state index contributed by atoms with van der Waals surface area (Å²) in [6, 6.07) is 1.56. The molecule has 2 rings (SSSR count). The molecule has 0 spiro atoms. The second-order valence-electron chi connectivity index (χ2n) is 4.53. The van der Waals surface area contributed by atoms with Crippen LogP contribution in [0.4, 0.5) is 4.39 Å². The van der Waals surface area contributed by atoms with Gasteiger partial charge in [-0.3, -0.25) is 4.79 Å². The molecular weight excluding hydrogens is 285 g/mol. The van der Waals surface area contributed by atoms with Gasteiger partial charge in [0.1, 0.15) is 6.04 Å². The predicted octanol–water partition coefficient (Wildman–Crippen LogP) is 0.510. The van der Waals surface area contributed by atoms with Crippen molar-refractivity contribution in [1.29, 1.82) is 0 Å². The Morgan fingerprint density at radius 1 is 1.50 bits per heavy atom. The number of pyridine rings is 1. The number of halogens is 1. The first kappa shape index (κ1) is 14.9. The summed E-state index contributed by atoms with van der Waals surface area (Å²) in [5.74, 6) is -1.29. The van der Waals surface area contributed by atoms with Crippen molar-refractivity contribution >= 4 is 15.9 Å². The zero-order valence-corrected chi connectivity index (χ0v) is 11.9. The molecule has 0 aliphatic carbocycles. The summed E-state index contributed by atoms with van der Waals surface area (Å²) in [6.07, 6.45) is 3.04. The predicted molar refractivity (Wildman–Crippen MR) is 69.8 cm³/mol. The van der Waals surface area contributed by atoms with Gasteiger partial charge in [-0.15, -0.1) is 0 Å². The van der Waals surface area contributed by atoms with E-state index in [-0.39, 0.29) is 12.5 Å². The number of hydrogen-bond acceptors (Lipinski definition) is 4. The fourth-order valence-corrected chi connectivity index (χ4v) is 3.93. The third-order valence-corrected chi connectivity index (χ3v) is 5.12. The topological polar surface area (TPSA) is 79.4 Å². The molecular formula is C12H16FN3O3S. The van der Waals surface area contributed by atoms with Crippen molar-refractivity contribution in [2.45, 2.75) is 30.3 Å². The number of piperidine rings is 1. The summed E-state index contributed by atoms with van der Waals surface area (Å²) < 4.78 is 39.7. The lowest BCUT2D eigenvalue weighted by Crippen LogP contribution is -2.51. The molecule has 1 aliphatic heterocycles. The highest BCUT2D eigenvalue weighted by Crippen LogP contribution is 2.25. The highest BCUT2D eigenvalue weighted by Gasteiger charge is 2.39. The van der Waals surface area contributed by atoms with Crippen LogP contribution in [0.2, 0.25) is 0 Å². The number of nitrogens with zero attached hydrogens (tertiary/aromatic N) is 2. The van der Waals surface area contributed by atoms with Crippen LogP contribution in [0, 0.1) is 5.82 Å². The SMILES string of the molecule is CNC(=O)C1CCCCN1S(=O)(=O)c1ncccc1F. The van der Waals surface area contributed by atoms with Crippen molar-refractivity contribution in [3.8, 4) is 0 Å². The molecule has 1 aromatic rings. The minimum Gasteiger partial charge on any atom is -0.358 e. The first-order chi connectivity index (χ1) is 9.48. The van der Waals surface area contributed by atoms with E-state index in [1.54, 1.807) is 0 Å². The molecule has 1 amide bonds. The molecule has 2 heterocycles. The molecule has 1 atom stereocenters. The summed E-state index contributed by atoms with van der Waals surface area (Å²) in [7, 11) is -2.66. The summed E-state index contributed by atoms with van der Waals surface area (Å²) >= 11 is 0. The lowest BCUT2D eigenvalue weighted by atomic mass is 10.0. The molecule has 0 saturated carbocycles. The number of rotatable bonds is 3. The van der Waals surface area contributed by atoms with E-state index in [2.05, 4.69) is 10.3 Å². The second-order valence-corrected chi connectivity index (χ2v) is 6.34. The minimum absolute atomic E-state index is 0.191. The summed E-state index contributed by atoms with van der Waals surface area (Å²) in [5.41, 5.74) is 0. The minimum atomic E-state index is -4.11. The lowest BCUT2D eigenvalue weighted by molar-refractivity contribution is -0.125. The highest BCUT2D eigenvalue weighted by atomic mass is 32.2. The third-order valence-electron chi connectivity index (χ3n) is 3.28. The van der Waals surface area contributed by atoms with E-state index in [0.29, 0.717) is 12.8 Å². The van der Waals surface area contributed by atoms with E-state index in [1.807, 2.05) is 0 Å². The van der Waals surface area contributed by atoms with Crippen LogP contribution in [-0.4, -0.2) is 43.2 Å². The van der Waals surface area contributed by atoms with E-state index >= 15 is 0 Å². The van der Waals surface area contributed by atoms with Gasteiger partial charge in [-0.2, -0.15) is 4.31 Å². The number of nitrogens with one attached hydrogen (secondary N) is 1. The first-order valence-electron chi connectivity index (χ1n) is 6.32. The van der Waals surface area contributed by atoms with Crippen LogP contribution >= 0.6 is 0 Å². The maximum absolute atomic E-state index is 13.7. The molecule has 1 aromatic heterocycles. The number of hydrogen-bond donors (Lipinski definition) is 1. The van der Waals surface area contributed by atoms with Crippen molar-refractivity contribution in [2.75, 3.05) is 13.6 Å². The van der Waals surface area contributed by atoms with Gasteiger partial charge in [0.2, 0.25) is 10.9 Å². The maximum Gasteiger partial charge on any atom is 0.264 e. The molecule has 1 fully saturated rings. The van der Waals surface area contributed by atoms with Crippen molar-refractivity contribution in [1.82, 2.24) is 14.6 Å². The number of carbonyl (C=O) groups is 1. The van der Waals surface area contributed by atoms with Gasteiger partial charge in [-0.25, -0.2) is 17.8 Å². The number of aromatic nitrogens is 1. The number of sulfonamides is 1. The summed E-state index contributed by atoms with van der Waals surface area (Å²) in [6.45, 7) is 0.191. The molecule has 6 nitrogen and oxygen atoms in total. The molecule has 0 radical (unpaired) electrons. The van der Waals surface area contributed by atoms with Crippen LogP contribution in [0.1, 0.15) is 19.3 Å². The van der Waals surface area contributed by atoms with Crippen molar-refractivity contribution in [3.63, 3.8) is 0 Å². The van der Waals surface area contributed by atoms with Crippen LogP contribution < -0.4 is 5.32 Å². The Morgan fingerprint density at radius 3 is 2.90 bits per heavy atom. The Balaban J connectivity index is 2.41. The molecule has 8 heteroatoms. The van der Waals surface area contributed by atoms with Gasteiger partial charge in [-0.05, 0) is 25.0 Å². The van der Waals surface area contributed by atoms with Gasteiger partial charge in [0.25, 0.3) is 10.0 Å². The number of carbonyl (C=O) groups excluding carboxylic acids is 1. The van der Waals surface area contributed by atoms with Gasteiger partial charge in [0, 0.05) is 19.8 Å².